The second kappa shape index (κ2) is 13.8. The van der Waals surface area contributed by atoms with Crippen LogP contribution >= 0.6 is 22.7 Å². The average molecular weight is 606 g/mol. The molecule has 3 amide bonds. The molecule has 0 saturated carbocycles. The summed E-state index contributed by atoms with van der Waals surface area (Å²) in [7, 11) is 1.57. The summed E-state index contributed by atoms with van der Waals surface area (Å²) in [5.74, 6) is 0.698. The summed E-state index contributed by atoms with van der Waals surface area (Å²) in [6.07, 6.45) is 4.70. The van der Waals surface area contributed by atoms with Gasteiger partial charge in [-0.05, 0) is 63.1 Å². The van der Waals surface area contributed by atoms with Crippen LogP contribution in [-0.4, -0.2) is 59.6 Å². The number of piperidine rings is 1. The van der Waals surface area contributed by atoms with Crippen molar-refractivity contribution in [1.29, 1.82) is 0 Å². The van der Waals surface area contributed by atoms with Crippen molar-refractivity contribution < 1.29 is 14.3 Å². The molecule has 220 valence electrons. The quantitative estimate of drug-likeness (QED) is 0.159. The first kappa shape index (κ1) is 29.5. The van der Waals surface area contributed by atoms with Crippen LogP contribution in [-0.2, 0) is 0 Å². The van der Waals surface area contributed by atoms with Gasteiger partial charge in [-0.2, -0.15) is 0 Å². The standard InChI is InChI=1S/C30H35N7O3S2/c1-19-8-3-4-14-37(19)15-7-13-32-29(39)36-30-35-26(31)25(42-30)28-34-24(18-41-28)20-9-5-11-22(16-20)33-27(38)21-10-6-12-23(17-21)40-2/h5-6,9-12,16-19H,3-4,7-8,13-15,31H2,1-2H3,(H,33,38)(H2,32,35,36,39). The molecular weight excluding hydrogens is 571 g/mol. The maximum atomic E-state index is 12.8. The van der Waals surface area contributed by atoms with Crippen molar-refractivity contribution in [1.82, 2.24) is 20.2 Å². The second-order valence-corrected chi connectivity index (χ2v) is 12.0. The molecule has 3 heterocycles. The maximum Gasteiger partial charge on any atom is 0.321 e. The van der Waals surface area contributed by atoms with Crippen LogP contribution < -0.4 is 26.4 Å². The van der Waals surface area contributed by atoms with Crippen LogP contribution in [0.4, 0.5) is 21.4 Å². The Morgan fingerprint density at radius 1 is 1.12 bits per heavy atom. The van der Waals surface area contributed by atoms with E-state index in [-0.39, 0.29) is 11.9 Å². The predicted molar refractivity (Wildman–Crippen MR) is 171 cm³/mol. The normalized spacial score (nSPS) is 15.2. The number of nitrogens with one attached hydrogen (secondary N) is 3. The third-order valence-electron chi connectivity index (χ3n) is 7.17. The van der Waals surface area contributed by atoms with Crippen molar-refractivity contribution in [2.45, 2.75) is 38.6 Å². The van der Waals surface area contributed by atoms with E-state index in [0.717, 1.165) is 30.8 Å². The molecule has 4 aromatic rings. The average Bonchev–Trinajstić information content (AvgIpc) is 3.63. The maximum absolute atomic E-state index is 12.8. The predicted octanol–water partition coefficient (Wildman–Crippen LogP) is 6.16. The van der Waals surface area contributed by atoms with Gasteiger partial charge < -0.3 is 26.0 Å². The molecular formula is C30H35N7O3S2. The highest BCUT2D eigenvalue weighted by Gasteiger charge is 2.19. The number of thiazole rings is 2. The van der Waals surface area contributed by atoms with E-state index in [1.807, 2.05) is 29.6 Å². The van der Waals surface area contributed by atoms with Gasteiger partial charge in [0.05, 0.1) is 12.8 Å². The smallest absolute Gasteiger partial charge is 0.321 e. The lowest BCUT2D eigenvalue weighted by atomic mass is 10.0. The number of likely N-dealkylation sites (tertiary alicyclic amines) is 1. The minimum Gasteiger partial charge on any atom is -0.497 e. The van der Waals surface area contributed by atoms with E-state index >= 15 is 0 Å². The second-order valence-electron chi connectivity index (χ2n) is 10.2. The number of urea groups is 1. The molecule has 0 aliphatic carbocycles. The highest BCUT2D eigenvalue weighted by atomic mass is 32.1. The Morgan fingerprint density at radius 3 is 2.81 bits per heavy atom. The highest BCUT2D eigenvalue weighted by Crippen LogP contribution is 2.38. The van der Waals surface area contributed by atoms with E-state index in [1.54, 1.807) is 31.4 Å². The number of hydrogen-bond acceptors (Lipinski definition) is 9. The largest absolute Gasteiger partial charge is 0.497 e. The molecule has 0 radical (unpaired) electrons. The first-order valence-electron chi connectivity index (χ1n) is 14.0. The Balaban J connectivity index is 1.17. The van der Waals surface area contributed by atoms with Gasteiger partial charge in [-0.25, -0.2) is 14.8 Å². The number of nitrogen functional groups attached to an aromatic ring is 1. The number of nitrogens with two attached hydrogens (primary N) is 1. The van der Waals surface area contributed by atoms with Crippen LogP contribution in [0.15, 0.2) is 53.9 Å². The van der Waals surface area contributed by atoms with Crippen molar-refractivity contribution in [3.8, 4) is 26.9 Å². The van der Waals surface area contributed by atoms with Gasteiger partial charge >= 0.3 is 6.03 Å². The van der Waals surface area contributed by atoms with Gasteiger partial charge in [-0.3, -0.25) is 10.1 Å². The van der Waals surface area contributed by atoms with Gasteiger partial charge in [0.15, 0.2) is 5.13 Å². The summed E-state index contributed by atoms with van der Waals surface area (Å²) in [6.45, 7) is 4.99. The molecule has 1 aliphatic rings. The zero-order valence-electron chi connectivity index (χ0n) is 23.7. The molecule has 1 fully saturated rings. The summed E-state index contributed by atoms with van der Waals surface area (Å²) in [5, 5.41) is 11.7. The molecule has 2 aromatic heterocycles. The fraction of sp³-hybridized carbons (Fsp3) is 0.333. The molecule has 1 aliphatic heterocycles. The van der Waals surface area contributed by atoms with Gasteiger partial charge in [-0.1, -0.05) is 36.0 Å². The molecule has 0 bridgehead atoms. The molecule has 10 nitrogen and oxygen atoms in total. The topological polar surface area (TPSA) is 134 Å². The van der Waals surface area contributed by atoms with E-state index in [2.05, 4.69) is 32.8 Å². The number of amides is 3. The number of rotatable bonds is 10. The lowest BCUT2D eigenvalue weighted by Gasteiger charge is -2.33. The van der Waals surface area contributed by atoms with Crippen molar-refractivity contribution >= 4 is 51.2 Å². The lowest BCUT2D eigenvalue weighted by Crippen LogP contribution is -2.39. The van der Waals surface area contributed by atoms with Crippen LogP contribution in [0.25, 0.3) is 21.1 Å². The molecule has 1 saturated heterocycles. The molecule has 2 aromatic carbocycles. The van der Waals surface area contributed by atoms with Crippen molar-refractivity contribution in [3.05, 3.63) is 59.5 Å². The monoisotopic (exact) mass is 605 g/mol. The van der Waals surface area contributed by atoms with Crippen molar-refractivity contribution in [2.75, 3.05) is 43.1 Å². The van der Waals surface area contributed by atoms with Crippen molar-refractivity contribution in [3.63, 3.8) is 0 Å². The number of nitrogens with zero attached hydrogens (tertiary/aromatic N) is 3. The minimum atomic E-state index is -0.297. The molecule has 0 spiro atoms. The number of anilines is 3. The third-order valence-corrected chi connectivity index (χ3v) is 9.15. The zero-order chi connectivity index (χ0) is 29.5. The van der Waals surface area contributed by atoms with Gasteiger partial charge in [0.1, 0.15) is 21.5 Å². The summed E-state index contributed by atoms with van der Waals surface area (Å²) >= 11 is 2.73. The Morgan fingerprint density at radius 2 is 1.98 bits per heavy atom. The SMILES string of the molecule is COc1cccc(C(=O)Nc2cccc(-c3csc(-c4sc(NC(=O)NCCCN5CCCCC5C)nc4N)n3)c2)c1. The Kier molecular flexibility index (Phi) is 9.67. The zero-order valence-corrected chi connectivity index (χ0v) is 25.3. The van der Waals surface area contributed by atoms with E-state index in [9.17, 15) is 9.59 Å². The van der Waals surface area contributed by atoms with Gasteiger partial charge in [0.2, 0.25) is 0 Å². The first-order valence-corrected chi connectivity index (χ1v) is 15.7. The Bertz CT molecular complexity index is 1540. The van der Waals surface area contributed by atoms with Gasteiger partial charge in [-0.15, -0.1) is 11.3 Å². The Hall–Kier alpha value is -4.00. The highest BCUT2D eigenvalue weighted by molar-refractivity contribution is 7.23. The summed E-state index contributed by atoms with van der Waals surface area (Å²) in [6, 6.07) is 14.8. The molecule has 12 heteroatoms. The number of hydrogen-bond donors (Lipinski definition) is 4. The number of ether oxygens (including phenoxy) is 1. The number of aromatic nitrogens is 2. The van der Waals surface area contributed by atoms with Crippen LogP contribution in [0.3, 0.4) is 0 Å². The van der Waals surface area contributed by atoms with Crippen LogP contribution in [0.5, 0.6) is 5.75 Å². The van der Waals surface area contributed by atoms with Crippen LogP contribution in [0, 0.1) is 0 Å². The fourth-order valence-electron chi connectivity index (χ4n) is 4.89. The van der Waals surface area contributed by atoms with Gasteiger partial charge in [0.25, 0.3) is 5.91 Å². The van der Waals surface area contributed by atoms with Crippen molar-refractivity contribution in [2.24, 2.45) is 0 Å². The van der Waals surface area contributed by atoms with E-state index in [1.165, 1.54) is 41.9 Å². The summed E-state index contributed by atoms with van der Waals surface area (Å²) < 4.78 is 5.22. The summed E-state index contributed by atoms with van der Waals surface area (Å²) in [5.41, 5.74) is 8.94. The summed E-state index contributed by atoms with van der Waals surface area (Å²) in [4.78, 5) is 37.5. The van der Waals surface area contributed by atoms with Gasteiger partial charge in [0, 0.05) is 41.3 Å². The number of methoxy groups -OCH3 is 1. The van der Waals surface area contributed by atoms with E-state index in [4.69, 9.17) is 15.5 Å². The molecule has 5 rings (SSSR count). The molecule has 5 N–H and O–H groups in total. The minimum absolute atomic E-state index is 0.233. The fourth-order valence-corrected chi connectivity index (χ4v) is 6.70. The Labute approximate surface area is 253 Å². The molecule has 1 atom stereocenters. The van der Waals surface area contributed by atoms with E-state index in [0.29, 0.717) is 50.4 Å². The van der Waals surface area contributed by atoms with Crippen LogP contribution in [0.1, 0.15) is 43.0 Å². The third kappa shape index (κ3) is 7.44. The molecule has 1 unspecified atom stereocenters. The van der Waals surface area contributed by atoms with E-state index < -0.39 is 0 Å². The van der Waals surface area contributed by atoms with Crippen LogP contribution in [0.2, 0.25) is 0 Å². The first-order chi connectivity index (χ1) is 20.4. The molecule has 42 heavy (non-hydrogen) atoms. The lowest BCUT2D eigenvalue weighted by molar-refractivity contribution is 0.102. The number of carbonyl (C=O) groups is 2. The number of benzene rings is 2. The number of carbonyl (C=O) groups excluding carboxylic acids is 2.